The normalized spacial score (nSPS) is 27.3. The first-order chi connectivity index (χ1) is 14.4. The van der Waals surface area contributed by atoms with E-state index < -0.39 is 11.6 Å². The summed E-state index contributed by atoms with van der Waals surface area (Å²) in [5.41, 5.74) is 13.1. The van der Waals surface area contributed by atoms with Crippen molar-refractivity contribution in [1.29, 1.82) is 0 Å². The number of aryl methyl sites for hydroxylation is 1. The van der Waals surface area contributed by atoms with Gasteiger partial charge in [-0.05, 0) is 56.1 Å². The molecule has 4 rings (SSSR count). The second-order valence-corrected chi connectivity index (χ2v) is 9.47. The number of fused-ring (bicyclic) bond motifs is 1. The molecule has 0 radical (unpaired) electrons. The lowest BCUT2D eigenvalue weighted by molar-refractivity contribution is -0.145. The molecule has 7 heteroatoms. The SMILES string of the molecule is Cc1nc(N)ccc1CNC(=O)[C@]12C[C@H]1CCCN2C(=O)[C@H](N)CC1CCCCC1. The van der Waals surface area contributed by atoms with Crippen molar-refractivity contribution in [1.82, 2.24) is 15.2 Å². The van der Waals surface area contributed by atoms with Crippen molar-refractivity contribution in [3.05, 3.63) is 23.4 Å². The largest absolute Gasteiger partial charge is 0.384 e. The molecule has 0 aromatic carbocycles. The van der Waals surface area contributed by atoms with Gasteiger partial charge in [0.2, 0.25) is 11.8 Å². The Morgan fingerprint density at radius 3 is 2.73 bits per heavy atom. The molecular formula is C23H35N5O2. The second kappa shape index (κ2) is 8.53. The molecule has 3 atom stereocenters. The van der Waals surface area contributed by atoms with Gasteiger partial charge in [0.05, 0.1) is 6.04 Å². The number of hydrogen-bond donors (Lipinski definition) is 3. The third-order valence-corrected chi connectivity index (χ3v) is 7.43. The maximum Gasteiger partial charge on any atom is 0.246 e. The zero-order chi connectivity index (χ0) is 21.3. The van der Waals surface area contributed by atoms with Crippen LogP contribution in [0.25, 0.3) is 0 Å². The third kappa shape index (κ3) is 4.04. The molecule has 0 bridgehead atoms. The highest BCUT2D eigenvalue weighted by atomic mass is 16.2. The molecular weight excluding hydrogens is 378 g/mol. The lowest BCUT2D eigenvalue weighted by Gasteiger charge is -2.37. The Kier molecular flexibility index (Phi) is 6.00. The van der Waals surface area contributed by atoms with Gasteiger partial charge in [0.1, 0.15) is 11.4 Å². The van der Waals surface area contributed by atoms with E-state index >= 15 is 0 Å². The summed E-state index contributed by atoms with van der Waals surface area (Å²) in [6.07, 6.45) is 9.55. The highest BCUT2D eigenvalue weighted by Gasteiger charge is 2.66. The van der Waals surface area contributed by atoms with Gasteiger partial charge in [-0.2, -0.15) is 0 Å². The van der Waals surface area contributed by atoms with E-state index in [1.807, 2.05) is 17.9 Å². The fourth-order valence-corrected chi connectivity index (χ4v) is 5.60. The molecule has 0 unspecified atom stereocenters. The predicted octanol–water partition coefficient (Wildman–Crippen LogP) is 2.27. The number of pyridine rings is 1. The molecule has 1 aromatic rings. The molecule has 3 aliphatic rings. The standard InChI is InChI=1S/C23H35N5O2/c1-15-17(9-10-20(25)27-15)14-26-22(30)23-13-18(23)8-5-11-28(23)21(29)19(24)12-16-6-3-2-4-7-16/h9-10,16,18-19H,2-8,11-14,24H2,1H3,(H2,25,27)(H,26,30)/t18-,19-,23+/m1/s1. The molecule has 1 aliphatic heterocycles. The Hall–Kier alpha value is -2.15. The molecule has 2 saturated carbocycles. The number of amides is 2. The van der Waals surface area contributed by atoms with Crippen LogP contribution in [0.1, 0.15) is 69.0 Å². The Labute approximate surface area is 179 Å². The molecule has 3 fully saturated rings. The van der Waals surface area contributed by atoms with Crippen LogP contribution in [-0.4, -0.2) is 39.8 Å². The summed E-state index contributed by atoms with van der Waals surface area (Å²) in [4.78, 5) is 32.6. The van der Waals surface area contributed by atoms with Crippen molar-refractivity contribution in [2.45, 2.75) is 82.8 Å². The lowest BCUT2D eigenvalue weighted by Crippen LogP contribution is -2.58. The monoisotopic (exact) mass is 413 g/mol. The summed E-state index contributed by atoms with van der Waals surface area (Å²) in [6, 6.07) is 3.14. The second-order valence-electron chi connectivity index (χ2n) is 9.47. The first kappa shape index (κ1) is 21.1. The van der Waals surface area contributed by atoms with E-state index in [0.29, 0.717) is 24.8 Å². The third-order valence-electron chi connectivity index (χ3n) is 7.43. The van der Waals surface area contributed by atoms with E-state index in [-0.39, 0.29) is 17.7 Å². The van der Waals surface area contributed by atoms with Crippen LogP contribution in [0, 0.1) is 18.8 Å². The van der Waals surface area contributed by atoms with Crippen molar-refractivity contribution in [3.8, 4) is 0 Å². The Morgan fingerprint density at radius 1 is 1.23 bits per heavy atom. The number of likely N-dealkylation sites (tertiary alicyclic amines) is 1. The average molecular weight is 414 g/mol. The molecule has 5 N–H and O–H groups in total. The minimum absolute atomic E-state index is 0.0387. The number of nitrogens with two attached hydrogens (primary N) is 2. The van der Waals surface area contributed by atoms with Crippen LogP contribution in [0.4, 0.5) is 5.82 Å². The Bertz CT molecular complexity index is 807. The topological polar surface area (TPSA) is 114 Å². The highest BCUT2D eigenvalue weighted by molar-refractivity contribution is 5.96. The van der Waals surface area contributed by atoms with Gasteiger partial charge in [-0.25, -0.2) is 4.98 Å². The van der Waals surface area contributed by atoms with Gasteiger partial charge in [-0.1, -0.05) is 38.2 Å². The van der Waals surface area contributed by atoms with Crippen molar-refractivity contribution in [2.24, 2.45) is 17.6 Å². The Morgan fingerprint density at radius 2 is 2.00 bits per heavy atom. The molecule has 2 aliphatic carbocycles. The molecule has 30 heavy (non-hydrogen) atoms. The number of nitrogen functional groups attached to an aromatic ring is 1. The van der Waals surface area contributed by atoms with Gasteiger partial charge in [0.15, 0.2) is 0 Å². The first-order valence-corrected chi connectivity index (χ1v) is 11.5. The van der Waals surface area contributed by atoms with Crippen LogP contribution in [0.3, 0.4) is 0 Å². The molecule has 7 nitrogen and oxygen atoms in total. The van der Waals surface area contributed by atoms with Crippen molar-refractivity contribution in [2.75, 3.05) is 12.3 Å². The van der Waals surface area contributed by atoms with Crippen LogP contribution in [-0.2, 0) is 16.1 Å². The number of nitrogens with zero attached hydrogens (tertiary/aromatic N) is 2. The molecule has 1 aromatic heterocycles. The number of carbonyl (C=O) groups is 2. The number of hydrogen-bond acceptors (Lipinski definition) is 5. The van der Waals surface area contributed by atoms with Crippen LogP contribution in [0.5, 0.6) is 0 Å². The number of rotatable bonds is 6. The van der Waals surface area contributed by atoms with Gasteiger partial charge < -0.3 is 21.7 Å². The van der Waals surface area contributed by atoms with Crippen molar-refractivity contribution in [3.63, 3.8) is 0 Å². The molecule has 0 spiro atoms. The van der Waals surface area contributed by atoms with Crippen molar-refractivity contribution >= 4 is 17.6 Å². The van der Waals surface area contributed by atoms with E-state index in [2.05, 4.69) is 10.3 Å². The van der Waals surface area contributed by atoms with Crippen LogP contribution in [0.2, 0.25) is 0 Å². The van der Waals surface area contributed by atoms with Crippen molar-refractivity contribution < 1.29 is 9.59 Å². The minimum Gasteiger partial charge on any atom is -0.384 e. The fourth-order valence-electron chi connectivity index (χ4n) is 5.60. The van der Waals surface area contributed by atoms with Gasteiger partial charge in [0, 0.05) is 18.8 Å². The maximum absolute atomic E-state index is 13.3. The quantitative estimate of drug-likeness (QED) is 0.662. The predicted molar refractivity (Wildman–Crippen MR) is 116 cm³/mol. The summed E-state index contributed by atoms with van der Waals surface area (Å²) in [7, 11) is 0. The van der Waals surface area contributed by atoms with Crippen LogP contribution >= 0.6 is 0 Å². The maximum atomic E-state index is 13.3. The molecule has 2 heterocycles. The summed E-state index contributed by atoms with van der Waals surface area (Å²) < 4.78 is 0. The number of aromatic nitrogens is 1. The van der Waals surface area contributed by atoms with E-state index in [0.717, 1.165) is 36.9 Å². The number of anilines is 1. The van der Waals surface area contributed by atoms with Crippen LogP contribution < -0.4 is 16.8 Å². The molecule has 164 valence electrons. The molecule has 1 saturated heterocycles. The van der Waals surface area contributed by atoms with Gasteiger partial charge in [-0.3, -0.25) is 9.59 Å². The summed E-state index contributed by atoms with van der Waals surface area (Å²) in [6.45, 7) is 2.91. The summed E-state index contributed by atoms with van der Waals surface area (Å²) >= 11 is 0. The Balaban J connectivity index is 1.41. The lowest BCUT2D eigenvalue weighted by atomic mass is 9.84. The van der Waals surface area contributed by atoms with E-state index in [9.17, 15) is 9.59 Å². The smallest absolute Gasteiger partial charge is 0.246 e. The molecule has 2 amide bonds. The number of piperidine rings is 1. The van der Waals surface area contributed by atoms with Crippen LogP contribution in [0.15, 0.2) is 12.1 Å². The first-order valence-electron chi connectivity index (χ1n) is 11.5. The number of nitrogens with one attached hydrogen (secondary N) is 1. The zero-order valence-corrected chi connectivity index (χ0v) is 18.0. The summed E-state index contributed by atoms with van der Waals surface area (Å²) in [5.74, 6) is 1.18. The van der Waals surface area contributed by atoms with E-state index in [1.165, 1.54) is 32.1 Å². The fraction of sp³-hybridized carbons (Fsp3) is 0.696. The minimum atomic E-state index is -0.700. The highest BCUT2D eigenvalue weighted by Crippen LogP contribution is 2.54. The zero-order valence-electron chi connectivity index (χ0n) is 18.0. The van der Waals surface area contributed by atoms with E-state index in [4.69, 9.17) is 11.5 Å². The number of carbonyl (C=O) groups excluding carboxylic acids is 2. The van der Waals surface area contributed by atoms with E-state index in [1.54, 1.807) is 6.07 Å². The van der Waals surface area contributed by atoms with Gasteiger partial charge in [0.25, 0.3) is 0 Å². The van der Waals surface area contributed by atoms with Gasteiger partial charge in [-0.15, -0.1) is 0 Å². The summed E-state index contributed by atoms with van der Waals surface area (Å²) in [5, 5.41) is 3.06. The van der Waals surface area contributed by atoms with Gasteiger partial charge >= 0.3 is 0 Å². The average Bonchev–Trinajstić information content (AvgIpc) is 3.49.